The van der Waals surface area contributed by atoms with Crippen molar-refractivity contribution in [1.29, 1.82) is 0 Å². The summed E-state index contributed by atoms with van der Waals surface area (Å²) >= 11 is 16.6. The van der Waals surface area contributed by atoms with Crippen LogP contribution in [0.4, 0.5) is 32.0 Å². The van der Waals surface area contributed by atoms with E-state index in [-0.39, 0.29) is 34.4 Å². The molecule has 3 aromatic carbocycles. The Morgan fingerprint density at radius 1 is 0.479 bits per heavy atom. The van der Waals surface area contributed by atoms with Gasteiger partial charge in [0.05, 0.1) is 91.7 Å². The number of benzene rings is 3. The Kier molecular flexibility index (Phi) is 28.1. The summed E-state index contributed by atoms with van der Waals surface area (Å²) < 4.78 is 89.8. The summed E-state index contributed by atoms with van der Waals surface area (Å²) in [6.45, 7) is 22.3. The number of aryl methyl sites for hydroxylation is 3. The van der Waals surface area contributed by atoms with Crippen LogP contribution in [0.2, 0.25) is 15.5 Å². The lowest BCUT2D eigenvalue weighted by atomic mass is 10.0. The van der Waals surface area contributed by atoms with Crippen LogP contribution in [0.5, 0.6) is 0 Å². The predicted molar refractivity (Wildman–Crippen MR) is 446 cm³/mol. The van der Waals surface area contributed by atoms with Crippen molar-refractivity contribution in [1.82, 2.24) is 98.6 Å². The lowest BCUT2D eigenvalue weighted by Crippen LogP contribution is -2.21. The van der Waals surface area contributed by atoms with Crippen molar-refractivity contribution in [3.05, 3.63) is 263 Å². The SMILES string of the molecule is CC1=NCC(C)=C1C=O.Cc1c(N)c(CC2CC2)nn1-c1ccc(F)cc1.Cc1nn(-c2cc(Cc3c(C)c(-c4ccc(F)cc4)nn3CC3CC3)ncn2)c(C)c1C(O)C(F)(F)F.Cc1nn(-c2cc(Cc3c(C)c(-c4ccc(F)cc4)nn3CC3CC3)ncn2)c(C)c1C=O.Cc1nn(-c2cc(Cl)ncn2)c(C)c1C=O.Clc1cc(Cl)ncn1. The molecule has 10 aromatic heterocycles. The molecule has 1 unspecified atom stereocenters. The summed E-state index contributed by atoms with van der Waals surface area (Å²) in [6, 6.07) is 25.6. The molecule has 35 heteroatoms. The van der Waals surface area contributed by atoms with Gasteiger partial charge in [-0.05, 0) is 228 Å². The molecule has 3 saturated carbocycles. The number of aromatic nitrogens is 20. The number of hydrogen-bond acceptors (Lipinski definition) is 20. The Hall–Kier alpha value is -12.1. The van der Waals surface area contributed by atoms with Crippen LogP contribution in [0.25, 0.3) is 45.7 Å². The molecule has 0 saturated heterocycles. The molecular weight excluding hydrogens is 1630 g/mol. The minimum atomic E-state index is -4.81. The fraction of sp³-hybridized carbons (Fsp3) is 0.326. The number of rotatable bonds is 20. The van der Waals surface area contributed by atoms with Gasteiger partial charge in [0.1, 0.15) is 58.2 Å². The molecule has 11 heterocycles. The van der Waals surface area contributed by atoms with Crippen molar-refractivity contribution >= 4 is 65.1 Å². The van der Waals surface area contributed by atoms with E-state index in [1.54, 1.807) is 76.4 Å². The summed E-state index contributed by atoms with van der Waals surface area (Å²) in [4.78, 5) is 69.2. The molecule has 3 fully saturated rings. The first-order valence-corrected chi connectivity index (χ1v) is 39.9. The van der Waals surface area contributed by atoms with Crippen LogP contribution in [0.3, 0.4) is 0 Å². The van der Waals surface area contributed by atoms with Gasteiger partial charge in [-0.2, -0.15) is 43.8 Å². The van der Waals surface area contributed by atoms with Crippen molar-refractivity contribution in [2.75, 3.05) is 12.3 Å². The third-order valence-electron chi connectivity index (χ3n) is 21.0. The van der Waals surface area contributed by atoms with E-state index in [9.17, 15) is 45.8 Å². The van der Waals surface area contributed by atoms with Gasteiger partial charge in [-0.3, -0.25) is 28.7 Å². The van der Waals surface area contributed by atoms with Gasteiger partial charge in [-0.25, -0.2) is 71.8 Å². The normalized spacial score (nSPS) is 13.8. The third-order valence-corrected chi connectivity index (χ3v) is 21.6. The number of hydrogen-bond donors (Lipinski definition) is 2. The maximum Gasteiger partial charge on any atom is 0.418 e. The minimum absolute atomic E-state index is 0.0739. The molecule has 0 spiro atoms. The van der Waals surface area contributed by atoms with E-state index >= 15 is 0 Å². The number of carbonyl (C=O) groups is 3. The second kappa shape index (κ2) is 38.5. The van der Waals surface area contributed by atoms with Crippen LogP contribution < -0.4 is 5.73 Å². The van der Waals surface area contributed by atoms with E-state index in [4.69, 9.17) is 50.7 Å². The molecule has 0 amide bonds. The molecule has 0 radical (unpaired) electrons. The third kappa shape index (κ3) is 21.7. The number of nitrogen functional groups attached to an aromatic ring is 1. The number of aldehydes is 3. The van der Waals surface area contributed by atoms with Crippen molar-refractivity contribution in [2.45, 2.75) is 159 Å². The fourth-order valence-electron chi connectivity index (χ4n) is 13.7. The average molecular weight is 1710 g/mol. The van der Waals surface area contributed by atoms with Crippen LogP contribution >= 0.6 is 34.8 Å². The van der Waals surface area contributed by atoms with Gasteiger partial charge in [0.15, 0.2) is 42.4 Å². The van der Waals surface area contributed by atoms with Gasteiger partial charge < -0.3 is 10.8 Å². The minimum Gasteiger partial charge on any atom is -0.396 e. The van der Waals surface area contributed by atoms with Crippen molar-refractivity contribution in [3.8, 4) is 45.7 Å². The van der Waals surface area contributed by atoms with Crippen molar-refractivity contribution < 1.29 is 45.8 Å². The number of aliphatic hydroxyl groups excluding tert-OH is 1. The topological polar surface area (TPSA) is 320 Å². The largest absolute Gasteiger partial charge is 0.418 e. The first-order chi connectivity index (χ1) is 57.8. The first kappa shape index (κ1) is 88.2. The summed E-state index contributed by atoms with van der Waals surface area (Å²) in [5.74, 6) is 2.63. The van der Waals surface area contributed by atoms with E-state index in [2.05, 4.69) is 76.9 Å². The summed E-state index contributed by atoms with van der Waals surface area (Å²) in [6.07, 6.45) is 9.84. The highest BCUT2D eigenvalue weighted by atomic mass is 35.5. The van der Waals surface area contributed by atoms with E-state index in [1.165, 1.54) is 112 Å². The Morgan fingerprint density at radius 2 is 0.884 bits per heavy atom. The van der Waals surface area contributed by atoms with Crippen LogP contribution in [0.1, 0.15) is 164 Å². The molecule has 121 heavy (non-hydrogen) atoms. The number of alkyl halides is 3. The molecule has 1 aliphatic heterocycles. The quantitative estimate of drug-likeness (QED) is 0.0407. The average Bonchev–Trinajstić information content (AvgIpc) is 1.64. The molecule has 3 aliphatic carbocycles. The first-order valence-electron chi connectivity index (χ1n) is 38.8. The Labute approximate surface area is 708 Å². The molecule has 1 atom stereocenters. The standard InChI is InChI=1S/C26H26F4N6O.C25H25FN6O.C14H16FN3.C10H9ClN4O.C7H9NO.C4H2Cl2N2/c1-14-21(35(12-17-4-5-17)34-24(14)18-6-8-19(27)9-7-18)10-20-11-22(32-13-31-20)36-16(3)23(15(2)33-36)25(37)26(28,29)30;1-15-23(31(12-18-4-5-18)30-25(15)19-6-8-20(26)9-7-19)10-21-11-24(28-14-27-21)32-17(3)22(13-33)16(2)29-32;1-9-14(16)13(8-10-2-3-10)17-18(9)12-6-4-11(15)5-7-12;1-6-8(4-16)7(2)15(14-6)10-3-9(11)12-5-13-10;1-5-3-8-6(2)7(5)4-9;5-3-1-4(6)8-2-7-3/h6-9,11,13,17,25,37H,4-5,10,12H2,1-3H3;6-9,11,13-14,18H,4-5,10,12H2,1-3H3;4-7,10H,2-3,8,16H2,1H3;3-5H,1-2H3;4H,3H2,1-2H3;1-2H. The maximum absolute atomic E-state index is 13.5. The van der Waals surface area contributed by atoms with Crippen LogP contribution in [-0.4, -0.2) is 141 Å². The van der Waals surface area contributed by atoms with Gasteiger partial charge in [0.25, 0.3) is 0 Å². The number of aliphatic imine (C=N–C) groups is 1. The highest BCUT2D eigenvalue weighted by molar-refractivity contribution is 6.33. The van der Waals surface area contributed by atoms with Gasteiger partial charge >= 0.3 is 6.18 Å². The van der Waals surface area contributed by atoms with Crippen molar-refractivity contribution in [2.24, 2.45) is 22.7 Å². The molecular formula is C86H87Cl3F6N22O4. The smallest absolute Gasteiger partial charge is 0.396 e. The zero-order valence-electron chi connectivity index (χ0n) is 68.1. The number of aliphatic hydroxyl groups is 1. The highest BCUT2D eigenvalue weighted by Crippen LogP contribution is 2.39. The van der Waals surface area contributed by atoms with Gasteiger partial charge in [-0.15, -0.1) is 0 Å². The number of anilines is 1. The zero-order chi connectivity index (χ0) is 86.8. The van der Waals surface area contributed by atoms with Crippen LogP contribution in [-0.2, 0) is 37.1 Å². The number of nitrogens with two attached hydrogens (primary N) is 1. The fourth-order valence-corrected chi connectivity index (χ4v) is 14.1. The summed E-state index contributed by atoms with van der Waals surface area (Å²) in [7, 11) is 0. The molecule has 4 aliphatic rings. The summed E-state index contributed by atoms with van der Waals surface area (Å²) in [5.41, 5.74) is 25.2. The maximum atomic E-state index is 13.5. The van der Waals surface area contributed by atoms with E-state index in [1.807, 2.05) is 52.3 Å². The van der Waals surface area contributed by atoms with Gasteiger partial charge in [0.2, 0.25) is 0 Å². The second-order valence-electron chi connectivity index (χ2n) is 29.9. The monoisotopic (exact) mass is 1710 g/mol. The molecule has 17 rings (SSSR count). The Morgan fingerprint density at radius 3 is 1.26 bits per heavy atom. The Balaban J connectivity index is 0.000000144. The van der Waals surface area contributed by atoms with Gasteiger partial charge in [-0.1, -0.05) is 34.8 Å². The number of nitrogens with zero attached hydrogens (tertiary/aromatic N) is 21. The molecule has 628 valence electrons. The van der Waals surface area contributed by atoms with Crippen LogP contribution in [0, 0.1) is 97.5 Å². The molecule has 3 N–H and O–H groups in total. The number of halogens is 9. The lowest BCUT2D eigenvalue weighted by Gasteiger charge is -2.15. The van der Waals surface area contributed by atoms with E-state index in [0.717, 1.165) is 159 Å². The zero-order valence-corrected chi connectivity index (χ0v) is 70.4. The molecule has 0 bridgehead atoms. The van der Waals surface area contributed by atoms with Crippen molar-refractivity contribution in [3.63, 3.8) is 0 Å². The predicted octanol–water partition coefficient (Wildman–Crippen LogP) is 16.9. The lowest BCUT2D eigenvalue weighted by molar-refractivity contribution is -0.207. The summed E-state index contributed by atoms with van der Waals surface area (Å²) in [5, 5.41) is 38.1. The van der Waals surface area contributed by atoms with Gasteiger partial charge in [0, 0.05) is 95.3 Å². The van der Waals surface area contributed by atoms with E-state index in [0.29, 0.717) is 92.3 Å². The Bertz CT molecular complexity index is 5960. The van der Waals surface area contributed by atoms with E-state index < -0.39 is 12.3 Å². The molecule has 26 nitrogen and oxygen atoms in total. The highest BCUT2D eigenvalue weighted by Gasteiger charge is 2.43. The number of carbonyl (C=O) groups excluding carboxylic acids is 3. The molecule has 13 aromatic rings. The van der Waals surface area contributed by atoms with Crippen LogP contribution in [0.15, 0.2) is 139 Å². The second-order valence-corrected chi connectivity index (χ2v) is 31.1. The number of allylic oxidation sites excluding steroid dienone is 1.